The highest BCUT2D eigenvalue weighted by Crippen LogP contribution is 2.27. The van der Waals surface area contributed by atoms with E-state index in [1.165, 1.54) is 17.7 Å². The van der Waals surface area contributed by atoms with Gasteiger partial charge in [-0.3, -0.25) is 0 Å². The van der Waals surface area contributed by atoms with E-state index in [-0.39, 0.29) is 12.1 Å². The Kier molecular flexibility index (Phi) is 9.05. The van der Waals surface area contributed by atoms with E-state index in [9.17, 15) is 5.11 Å². The molecular weight excluding hydrogens is 278 g/mol. The molecular formula is C18H31NOS. The Morgan fingerprint density at radius 1 is 1.19 bits per heavy atom. The Morgan fingerprint density at radius 2 is 1.90 bits per heavy atom. The molecule has 0 fully saturated rings. The maximum Gasteiger partial charge on any atom is 0.0677 e. The summed E-state index contributed by atoms with van der Waals surface area (Å²) in [6, 6.07) is 10.4. The van der Waals surface area contributed by atoms with Gasteiger partial charge in [0.15, 0.2) is 0 Å². The highest BCUT2D eigenvalue weighted by atomic mass is 32.2. The molecule has 1 atom stereocenters. The van der Waals surface area contributed by atoms with Crippen LogP contribution in [0.1, 0.15) is 45.6 Å². The first kappa shape index (κ1) is 18.5. The first-order valence-electron chi connectivity index (χ1n) is 8.13. The van der Waals surface area contributed by atoms with Gasteiger partial charge in [-0.2, -0.15) is 11.8 Å². The molecule has 0 aliphatic rings. The van der Waals surface area contributed by atoms with Gasteiger partial charge in [-0.05, 0) is 48.8 Å². The molecule has 0 aromatic heterocycles. The van der Waals surface area contributed by atoms with Gasteiger partial charge >= 0.3 is 0 Å². The molecule has 0 bridgehead atoms. The second-order valence-corrected chi connectivity index (χ2v) is 7.30. The lowest BCUT2D eigenvalue weighted by molar-refractivity contribution is 0.157. The molecule has 0 aliphatic heterocycles. The Labute approximate surface area is 134 Å². The standard InChI is InChI=1S/C18H31NOS/c1-4-12-19-18(15-20,17-8-6-5-7-9-17)11-14-21-13-10-16(2)3/h5-9,16,19-20H,4,10-15H2,1-3H3. The summed E-state index contributed by atoms with van der Waals surface area (Å²) >= 11 is 2.00. The summed E-state index contributed by atoms with van der Waals surface area (Å²) in [5.74, 6) is 3.06. The molecule has 3 heteroatoms. The van der Waals surface area contributed by atoms with Crippen molar-refractivity contribution in [3.8, 4) is 0 Å². The minimum Gasteiger partial charge on any atom is -0.394 e. The highest BCUT2D eigenvalue weighted by Gasteiger charge is 2.30. The normalized spacial score (nSPS) is 14.3. The molecule has 0 amide bonds. The Hall–Kier alpha value is -0.510. The largest absolute Gasteiger partial charge is 0.394 e. The predicted molar refractivity (Wildman–Crippen MR) is 94.9 cm³/mol. The summed E-state index contributed by atoms with van der Waals surface area (Å²) in [4.78, 5) is 0. The lowest BCUT2D eigenvalue weighted by atomic mass is 9.88. The zero-order chi connectivity index (χ0) is 15.6. The molecule has 2 nitrogen and oxygen atoms in total. The van der Waals surface area contributed by atoms with E-state index < -0.39 is 0 Å². The van der Waals surface area contributed by atoms with E-state index >= 15 is 0 Å². The number of thioether (sulfide) groups is 1. The second-order valence-electron chi connectivity index (χ2n) is 6.08. The Morgan fingerprint density at radius 3 is 2.48 bits per heavy atom. The number of rotatable bonds is 11. The zero-order valence-electron chi connectivity index (χ0n) is 13.8. The molecule has 0 saturated carbocycles. The molecule has 1 aromatic carbocycles. The van der Waals surface area contributed by atoms with Crippen molar-refractivity contribution < 1.29 is 5.11 Å². The number of benzene rings is 1. The van der Waals surface area contributed by atoms with Crippen LogP contribution in [-0.4, -0.2) is 29.8 Å². The van der Waals surface area contributed by atoms with Crippen molar-refractivity contribution in [2.24, 2.45) is 5.92 Å². The summed E-state index contributed by atoms with van der Waals surface area (Å²) in [5, 5.41) is 13.6. The third-order valence-electron chi connectivity index (χ3n) is 3.82. The van der Waals surface area contributed by atoms with Gasteiger partial charge in [0, 0.05) is 0 Å². The van der Waals surface area contributed by atoms with Gasteiger partial charge in [0.2, 0.25) is 0 Å². The van der Waals surface area contributed by atoms with Crippen LogP contribution in [0.2, 0.25) is 0 Å². The van der Waals surface area contributed by atoms with Crippen LogP contribution < -0.4 is 5.32 Å². The molecule has 120 valence electrons. The second kappa shape index (κ2) is 10.3. The Balaban J connectivity index is 2.63. The number of aliphatic hydroxyl groups is 1. The molecule has 0 heterocycles. The first-order valence-corrected chi connectivity index (χ1v) is 9.29. The summed E-state index contributed by atoms with van der Waals surface area (Å²) in [6.45, 7) is 7.79. The van der Waals surface area contributed by atoms with Crippen LogP contribution in [0.4, 0.5) is 0 Å². The van der Waals surface area contributed by atoms with Crippen LogP contribution in [0.3, 0.4) is 0 Å². The molecule has 0 spiro atoms. The number of aliphatic hydroxyl groups excluding tert-OH is 1. The van der Waals surface area contributed by atoms with Crippen molar-refractivity contribution >= 4 is 11.8 Å². The van der Waals surface area contributed by atoms with Crippen molar-refractivity contribution in [2.45, 2.75) is 45.6 Å². The molecule has 1 aromatic rings. The van der Waals surface area contributed by atoms with Gasteiger partial charge < -0.3 is 10.4 Å². The summed E-state index contributed by atoms with van der Waals surface area (Å²) in [6.07, 6.45) is 3.32. The number of hydrogen-bond acceptors (Lipinski definition) is 3. The van der Waals surface area contributed by atoms with Crippen LogP contribution in [0.5, 0.6) is 0 Å². The summed E-state index contributed by atoms with van der Waals surface area (Å²) in [7, 11) is 0. The summed E-state index contributed by atoms with van der Waals surface area (Å²) in [5.41, 5.74) is 0.910. The van der Waals surface area contributed by atoms with Gasteiger partial charge in [-0.15, -0.1) is 0 Å². The SMILES string of the molecule is CCCNC(CO)(CCSCCC(C)C)c1ccccc1. The highest BCUT2D eigenvalue weighted by molar-refractivity contribution is 7.99. The maximum absolute atomic E-state index is 10.0. The fraction of sp³-hybridized carbons (Fsp3) is 0.667. The van der Waals surface area contributed by atoms with Gasteiger partial charge in [0.25, 0.3) is 0 Å². The lowest BCUT2D eigenvalue weighted by Crippen LogP contribution is -2.46. The van der Waals surface area contributed by atoms with E-state index in [1.54, 1.807) is 0 Å². The average Bonchev–Trinajstić information content (AvgIpc) is 2.51. The molecule has 0 aliphatic carbocycles. The van der Waals surface area contributed by atoms with Gasteiger partial charge in [-0.1, -0.05) is 51.1 Å². The quantitative estimate of drug-likeness (QED) is 0.605. The fourth-order valence-electron chi connectivity index (χ4n) is 2.35. The summed E-state index contributed by atoms with van der Waals surface area (Å²) < 4.78 is 0. The van der Waals surface area contributed by atoms with Crippen molar-refractivity contribution in [1.29, 1.82) is 0 Å². The molecule has 21 heavy (non-hydrogen) atoms. The van der Waals surface area contributed by atoms with Crippen molar-refractivity contribution in [2.75, 3.05) is 24.7 Å². The van der Waals surface area contributed by atoms with E-state index in [1.807, 2.05) is 17.8 Å². The van der Waals surface area contributed by atoms with Crippen molar-refractivity contribution in [3.63, 3.8) is 0 Å². The van der Waals surface area contributed by atoms with E-state index in [2.05, 4.69) is 50.4 Å². The van der Waals surface area contributed by atoms with E-state index in [0.717, 1.165) is 31.1 Å². The van der Waals surface area contributed by atoms with Crippen LogP contribution in [0.25, 0.3) is 0 Å². The van der Waals surface area contributed by atoms with E-state index in [4.69, 9.17) is 0 Å². The van der Waals surface area contributed by atoms with Crippen LogP contribution in [0.15, 0.2) is 30.3 Å². The fourth-order valence-corrected chi connectivity index (χ4v) is 3.68. The minimum atomic E-state index is -0.290. The predicted octanol–water partition coefficient (Wildman–Crippen LogP) is 4.04. The van der Waals surface area contributed by atoms with E-state index in [0.29, 0.717) is 0 Å². The topological polar surface area (TPSA) is 32.3 Å². The first-order chi connectivity index (χ1) is 10.1. The van der Waals surface area contributed by atoms with Gasteiger partial charge in [0.1, 0.15) is 0 Å². The molecule has 2 N–H and O–H groups in total. The Bertz CT molecular complexity index is 369. The zero-order valence-corrected chi connectivity index (χ0v) is 14.6. The average molecular weight is 310 g/mol. The monoisotopic (exact) mass is 309 g/mol. The van der Waals surface area contributed by atoms with Gasteiger partial charge in [0.05, 0.1) is 12.1 Å². The molecule has 1 unspecified atom stereocenters. The number of nitrogens with one attached hydrogen (secondary N) is 1. The minimum absolute atomic E-state index is 0.155. The third-order valence-corrected chi connectivity index (χ3v) is 4.84. The molecule has 0 saturated heterocycles. The third kappa shape index (κ3) is 6.41. The lowest BCUT2D eigenvalue weighted by Gasteiger charge is -2.34. The van der Waals surface area contributed by atoms with Crippen molar-refractivity contribution in [3.05, 3.63) is 35.9 Å². The van der Waals surface area contributed by atoms with Crippen molar-refractivity contribution in [1.82, 2.24) is 5.32 Å². The van der Waals surface area contributed by atoms with Crippen LogP contribution in [-0.2, 0) is 5.54 Å². The van der Waals surface area contributed by atoms with Gasteiger partial charge in [-0.25, -0.2) is 0 Å². The smallest absolute Gasteiger partial charge is 0.0677 e. The van der Waals surface area contributed by atoms with Crippen LogP contribution in [0, 0.1) is 5.92 Å². The van der Waals surface area contributed by atoms with Crippen LogP contribution >= 0.6 is 11.8 Å². The molecule has 0 radical (unpaired) electrons. The number of hydrogen-bond donors (Lipinski definition) is 2. The maximum atomic E-state index is 10.0. The molecule has 1 rings (SSSR count).